The van der Waals surface area contributed by atoms with E-state index in [0.717, 1.165) is 19.3 Å². The third-order valence-electron chi connectivity index (χ3n) is 3.67. The Hall–Kier alpha value is -1.62. The van der Waals surface area contributed by atoms with Crippen molar-refractivity contribution in [3.8, 4) is 5.75 Å². The van der Waals surface area contributed by atoms with E-state index in [0.29, 0.717) is 18.3 Å². The quantitative estimate of drug-likeness (QED) is 0.900. The number of amides is 1. The lowest BCUT2D eigenvalue weighted by Gasteiger charge is -2.18. The fourth-order valence-electron chi connectivity index (χ4n) is 2.44. The number of carbonyl (C=O) groups is 1. The van der Waals surface area contributed by atoms with Crippen LogP contribution >= 0.6 is 0 Å². The fourth-order valence-corrected chi connectivity index (χ4v) is 2.44. The standard InChI is InChI=1S/C14H17FN2O2/c1-19-13-8-10(4-5-11(13)15)17-7-6-12(14(17)18)16-9-2-3-9/h4-5,8-9,12,16H,2-3,6-7H2,1H3. The molecule has 1 atom stereocenters. The van der Waals surface area contributed by atoms with Crippen LogP contribution in [0.15, 0.2) is 18.2 Å². The summed E-state index contributed by atoms with van der Waals surface area (Å²) in [7, 11) is 1.42. The highest BCUT2D eigenvalue weighted by atomic mass is 19.1. The number of benzene rings is 1. The second kappa shape index (κ2) is 4.81. The minimum absolute atomic E-state index is 0.0700. The molecule has 2 fully saturated rings. The lowest BCUT2D eigenvalue weighted by atomic mass is 10.2. The summed E-state index contributed by atoms with van der Waals surface area (Å²) in [6, 6.07) is 4.95. The molecule has 0 radical (unpaired) electrons. The molecule has 1 unspecified atom stereocenters. The minimum Gasteiger partial charge on any atom is -0.494 e. The van der Waals surface area contributed by atoms with Crippen molar-refractivity contribution in [1.82, 2.24) is 5.32 Å². The van der Waals surface area contributed by atoms with Gasteiger partial charge in [0.2, 0.25) is 5.91 Å². The predicted octanol–water partition coefficient (Wildman–Crippen LogP) is 1.69. The summed E-state index contributed by atoms with van der Waals surface area (Å²) in [5.41, 5.74) is 0.698. The second-order valence-electron chi connectivity index (χ2n) is 5.09. The number of rotatable bonds is 4. The van der Waals surface area contributed by atoms with Gasteiger partial charge in [-0.3, -0.25) is 4.79 Å². The maximum absolute atomic E-state index is 13.4. The molecule has 1 saturated carbocycles. The van der Waals surface area contributed by atoms with Gasteiger partial charge < -0.3 is 15.0 Å². The average Bonchev–Trinajstić information content (AvgIpc) is 3.16. The minimum atomic E-state index is -0.412. The zero-order chi connectivity index (χ0) is 13.4. The van der Waals surface area contributed by atoms with Crippen LogP contribution in [0.3, 0.4) is 0 Å². The van der Waals surface area contributed by atoms with Crippen molar-refractivity contribution in [2.75, 3.05) is 18.6 Å². The van der Waals surface area contributed by atoms with Gasteiger partial charge in [0.05, 0.1) is 13.2 Å². The third-order valence-corrected chi connectivity index (χ3v) is 3.67. The van der Waals surface area contributed by atoms with Crippen molar-refractivity contribution in [2.24, 2.45) is 0 Å². The Balaban J connectivity index is 1.76. The van der Waals surface area contributed by atoms with Gasteiger partial charge in [0, 0.05) is 24.3 Å². The molecule has 0 bridgehead atoms. The van der Waals surface area contributed by atoms with Crippen molar-refractivity contribution in [3.05, 3.63) is 24.0 Å². The van der Waals surface area contributed by atoms with Crippen LogP contribution < -0.4 is 15.0 Å². The maximum atomic E-state index is 13.4. The summed E-state index contributed by atoms with van der Waals surface area (Å²) in [5, 5.41) is 3.35. The van der Waals surface area contributed by atoms with E-state index in [1.54, 1.807) is 17.0 Å². The van der Waals surface area contributed by atoms with Crippen molar-refractivity contribution in [1.29, 1.82) is 0 Å². The number of ether oxygens (including phenoxy) is 1. The molecule has 102 valence electrons. The normalized spacial score (nSPS) is 22.9. The topological polar surface area (TPSA) is 41.6 Å². The van der Waals surface area contributed by atoms with Crippen LogP contribution in [0.5, 0.6) is 5.75 Å². The molecule has 1 aromatic rings. The molecular formula is C14H17FN2O2. The van der Waals surface area contributed by atoms with Crippen LogP contribution in [0.2, 0.25) is 0 Å². The Morgan fingerprint density at radius 2 is 2.16 bits per heavy atom. The first kappa shape index (κ1) is 12.4. The molecule has 3 rings (SSSR count). The van der Waals surface area contributed by atoms with Gasteiger partial charge >= 0.3 is 0 Å². The van der Waals surface area contributed by atoms with E-state index >= 15 is 0 Å². The fraction of sp³-hybridized carbons (Fsp3) is 0.500. The number of methoxy groups -OCH3 is 1. The summed E-state index contributed by atoms with van der Waals surface area (Å²) >= 11 is 0. The Morgan fingerprint density at radius 1 is 1.37 bits per heavy atom. The number of hydrogen-bond acceptors (Lipinski definition) is 3. The smallest absolute Gasteiger partial charge is 0.244 e. The Kier molecular flexibility index (Phi) is 3.14. The van der Waals surface area contributed by atoms with Gasteiger partial charge in [-0.05, 0) is 31.4 Å². The van der Waals surface area contributed by atoms with Crippen molar-refractivity contribution in [3.63, 3.8) is 0 Å². The van der Waals surface area contributed by atoms with Gasteiger partial charge in [-0.25, -0.2) is 4.39 Å². The van der Waals surface area contributed by atoms with E-state index in [1.165, 1.54) is 13.2 Å². The number of anilines is 1. The number of nitrogens with zero attached hydrogens (tertiary/aromatic N) is 1. The van der Waals surface area contributed by atoms with E-state index in [9.17, 15) is 9.18 Å². The summed E-state index contributed by atoms with van der Waals surface area (Å²) in [6.45, 7) is 0.665. The first-order valence-corrected chi connectivity index (χ1v) is 6.60. The molecule has 1 saturated heterocycles. The largest absolute Gasteiger partial charge is 0.494 e. The monoisotopic (exact) mass is 264 g/mol. The first-order chi connectivity index (χ1) is 9.19. The zero-order valence-electron chi connectivity index (χ0n) is 10.9. The maximum Gasteiger partial charge on any atom is 0.244 e. The Bertz CT molecular complexity index is 502. The van der Waals surface area contributed by atoms with Gasteiger partial charge in [-0.2, -0.15) is 0 Å². The number of hydrogen-bond donors (Lipinski definition) is 1. The average molecular weight is 264 g/mol. The number of nitrogens with one attached hydrogen (secondary N) is 1. The van der Waals surface area contributed by atoms with Crippen LogP contribution in [0.4, 0.5) is 10.1 Å². The van der Waals surface area contributed by atoms with E-state index in [1.807, 2.05) is 0 Å². The van der Waals surface area contributed by atoms with E-state index < -0.39 is 5.82 Å². The highest BCUT2D eigenvalue weighted by Crippen LogP contribution is 2.29. The van der Waals surface area contributed by atoms with Crippen LogP contribution in [0.1, 0.15) is 19.3 Å². The molecular weight excluding hydrogens is 247 g/mol. The van der Waals surface area contributed by atoms with E-state index in [4.69, 9.17) is 4.74 Å². The molecule has 0 spiro atoms. The molecule has 1 aromatic carbocycles. The molecule has 1 heterocycles. The van der Waals surface area contributed by atoms with Crippen LogP contribution in [-0.4, -0.2) is 31.6 Å². The van der Waals surface area contributed by atoms with Crippen LogP contribution in [0, 0.1) is 5.82 Å². The number of carbonyl (C=O) groups excluding carboxylic acids is 1. The van der Waals surface area contributed by atoms with E-state index in [-0.39, 0.29) is 17.7 Å². The lowest BCUT2D eigenvalue weighted by Crippen LogP contribution is -2.39. The first-order valence-electron chi connectivity index (χ1n) is 6.60. The number of halogens is 1. The molecule has 1 aliphatic heterocycles. The van der Waals surface area contributed by atoms with Gasteiger partial charge in [-0.15, -0.1) is 0 Å². The predicted molar refractivity (Wildman–Crippen MR) is 69.9 cm³/mol. The highest BCUT2D eigenvalue weighted by Gasteiger charge is 2.36. The third kappa shape index (κ3) is 2.42. The van der Waals surface area contributed by atoms with Gasteiger partial charge in [0.15, 0.2) is 11.6 Å². The molecule has 4 nitrogen and oxygen atoms in total. The van der Waals surface area contributed by atoms with Gasteiger partial charge in [0.25, 0.3) is 0 Å². The summed E-state index contributed by atoms with van der Waals surface area (Å²) < 4.78 is 18.3. The molecule has 5 heteroatoms. The molecule has 1 aliphatic carbocycles. The van der Waals surface area contributed by atoms with Crippen molar-refractivity contribution < 1.29 is 13.9 Å². The van der Waals surface area contributed by atoms with Crippen LogP contribution in [-0.2, 0) is 4.79 Å². The Labute approximate surface area is 111 Å². The lowest BCUT2D eigenvalue weighted by molar-refractivity contribution is -0.118. The summed E-state index contributed by atoms with van der Waals surface area (Å²) in [6.07, 6.45) is 3.12. The van der Waals surface area contributed by atoms with E-state index in [2.05, 4.69) is 5.32 Å². The zero-order valence-corrected chi connectivity index (χ0v) is 10.9. The SMILES string of the molecule is COc1cc(N2CCC(NC3CC3)C2=O)ccc1F. The second-order valence-corrected chi connectivity index (χ2v) is 5.09. The molecule has 2 aliphatic rings. The summed E-state index contributed by atoms with van der Waals surface area (Å²) in [5.74, 6) is -0.171. The molecule has 1 N–H and O–H groups in total. The van der Waals surface area contributed by atoms with Crippen molar-refractivity contribution >= 4 is 11.6 Å². The molecule has 1 amide bonds. The highest BCUT2D eigenvalue weighted by molar-refractivity contribution is 5.99. The molecule has 19 heavy (non-hydrogen) atoms. The molecule has 0 aromatic heterocycles. The Morgan fingerprint density at radius 3 is 2.84 bits per heavy atom. The van der Waals surface area contributed by atoms with Gasteiger partial charge in [0.1, 0.15) is 0 Å². The van der Waals surface area contributed by atoms with Crippen LogP contribution in [0.25, 0.3) is 0 Å². The summed E-state index contributed by atoms with van der Waals surface area (Å²) in [4.78, 5) is 14.0. The van der Waals surface area contributed by atoms with Crippen molar-refractivity contribution in [2.45, 2.75) is 31.3 Å². The van der Waals surface area contributed by atoms with Gasteiger partial charge in [-0.1, -0.05) is 0 Å².